The zero-order valence-electron chi connectivity index (χ0n) is 13.5. The van der Waals surface area contributed by atoms with E-state index in [1.165, 1.54) is 8.87 Å². The van der Waals surface area contributed by atoms with Gasteiger partial charge in [-0.25, -0.2) is 9.78 Å². The van der Waals surface area contributed by atoms with E-state index in [4.69, 9.17) is 0 Å². The number of aromatic nitrogens is 2. The molecule has 0 bridgehead atoms. The summed E-state index contributed by atoms with van der Waals surface area (Å²) in [6.07, 6.45) is 3.34. The number of hydrogen-bond donors (Lipinski definition) is 2. The fraction of sp³-hybridized carbons (Fsp3) is 0.438. The Labute approximate surface area is 139 Å². The van der Waals surface area contributed by atoms with Gasteiger partial charge < -0.3 is 10.0 Å². The lowest BCUT2D eigenvalue weighted by molar-refractivity contribution is -0.146. The van der Waals surface area contributed by atoms with Crippen molar-refractivity contribution >= 4 is 35.7 Å². The minimum Gasteiger partial charge on any atom is -0.480 e. The molecule has 7 heteroatoms. The first-order valence-corrected chi connectivity index (χ1v) is 7.75. The van der Waals surface area contributed by atoms with Crippen molar-refractivity contribution in [2.24, 2.45) is 5.41 Å². The van der Waals surface area contributed by atoms with Crippen molar-refractivity contribution < 1.29 is 14.7 Å². The highest BCUT2D eigenvalue weighted by molar-refractivity contribution is 7.78. The molecule has 2 aromatic rings. The average Bonchev–Trinajstić information content (AvgIpc) is 2.75. The summed E-state index contributed by atoms with van der Waals surface area (Å²) in [5.74, 6) is -1.28. The van der Waals surface area contributed by atoms with E-state index in [0.717, 1.165) is 16.5 Å². The van der Waals surface area contributed by atoms with Gasteiger partial charge in [0.2, 0.25) is 0 Å². The molecule has 1 amide bonds. The molecule has 3 rings (SSSR count). The molecule has 23 heavy (non-hydrogen) atoms. The van der Waals surface area contributed by atoms with Crippen molar-refractivity contribution in [3.05, 3.63) is 29.1 Å². The van der Waals surface area contributed by atoms with E-state index in [0.29, 0.717) is 11.2 Å². The van der Waals surface area contributed by atoms with Crippen molar-refractivity contribution in [1.82, 2.24) is 13.9 Å². The van der Waals surface area contributed by atoms with Crippen LogP contribution >= 0.6 is 12.8 Å². The maximum atomic E-state index is 12.9. The summed E-state index contributed by atoms with van der Waals surface area (Å²) >= 11 is 4.32. The van der Waals surface area contributed by atoms with Crippen LogP contribution in [0.4, 0.5) is 0 Å². The standard InChI is InChI=1S/C16H19N3O3S/c1-8-5-17-13-11-9(8)6-18(12(15(21)22)16(2,3)4)14(20)10(11)7-19(13)23/h5,7,12,23H,6H2,1-4H3,(H,21,22). The Morgan fingerprint density at radius 2 is 2.09 bits per heavy atom. The molecule has 0 fully saturated rings. The third-order valence-corrected chi connectivity index (χ3v) is 4.61. The third kappa shape index (κ3) is 2.30. The molecular formula is C16H19N3O3S. The average molecular weight is 333 g/mol. The monoisotopic (exact) mass is 333 g/mol. The Hall–Kier alpha value is -2.02. The van der Waals surface area contributed by atoms with Crippen LogP contribution in [0, 0.1) is 12.3 Å². The van der Waals surface area contributed by atoms with Crippen molar-refractivity contribution in [3.8, 4) is 0 Å². The van der Waals surface area contributed by atoms with Crippen molar-refractivity contribution in [2.75, 3.05) is 0 Å². The Kier molecular flexibility index (Phi) is 3.44. The number of carbonyl (C=O) groups is 2. The number of aryl methyl sites for hydroxylation is 1. The van der Waals surface area contributed by atoms with Gasteiger partial charge in [-0.2, -0.15) is 0 Å². The molecule has 122 valence electrons. The van der Waals surface area contributed by atoms with E-state index in [9.17, 15) is 14.7 Å². The molecule has 1 aliphatic heterocycles. The van der Waals surface area contributed by atoms with Gasteiger partial charge >= 0.3 is 5.97 Å². The largest absolute Gasteiger partial charge is 0.480 e. The lowest BCUT2D eigenvalue weighted by atomic mass is 9.84. The van der Waals surface area contributed by atoms with Crippen LogP contribution < -0.4 is 0 Å². The zero-order chi connectivity index (χ0) is 17.1. The van der Waals surface area contributed by atoms with Gasteiger partial charge in [0.25, 0.3) is 5.91 Å². The van der Waals surface area contributed by atoms with Gasteiger partial charge in [0.1, 0.15) is 6.04 Å². The highest BCUT2D eigenvalue weighted by Gasteiger charge is 2.42. The molecule has 3 heterocycles. The molecule has 1 N–H and O–H groups in total. The van der Waals surface area contributed by atoms with Crippen LogP contribution in [0.2, 0.25) is 0 Å². The Morgan fingerprint density at radius 3 is 2.65 bits per heavy atom. The molecule has 0 saturated heterocycles. The third-order valence-electron chi connectivity index (χ3n) is 4.31. The van der Waals surface area contributed by atoms with Crippen molar-refractivity contribution in [2.45, 2.75) is 40.3 Å². The number of pyridine rings is 1. The van der Waals surface area contributed by atoms with Crippen LogP contribution in [0.5, 0.6) is 0 Å². The lowest BCUT2D eigenvalue weighted by Crippen LogP contribution is -2.52. The molecule has 6 nitrogen and oxygen atoms in total. The van der Waals surface area contributed by atoms with Gasteiger partial charge in [-0.3, -0.25) is 8.77 Å². The second-order valence-corrected chi connectivity index (χ2v) is 7.48. The second-order valence-electron chi connectivity index (χ2n) is 7.05. The summed E-state index contributed by atoms with van der Waals surface area (Å²) in [7, 11) is 0. The van der Waals surface area contributed by atoms with Gasteiger partial charge in [-0.15, -0.1) is 0 Å². The molecular weight excluding hydrogens is 314 g/mol. The Balaban J connectivity index is 2.22. The number of amides is 1. The zero-order valence-corrected chi connectivity index (χ0v) is 14.4. The van der Waals surface area contributed by atoms with E-state index in [1.807, 2.05) is 27.7 Å². The number of carboxylic acids is 1. The van der Waals surface area contributed by atoms with E-state index in [-0.39, 0.29) is 12.5 Å². The van der Waals surface area contributed by atoms with Gasteiger partial charge in [-0.05, 0) is 23.5 Å². The number of aliphatic carboxylic acids is 1. The molecule has 0 radical (unpaired) electrons. The number of thiol groups is 1. The fourth-order valence-electron chi connectivity index (χ4n) is 3.28. The van der Waals surface area contributed by atoms with Gasteiger partial charge in [-0.1, -0.05) is 33.6 Å². The van der Waals surface area contributed by atoms with Crippen LogP contribution in [0.3, 0.4) is 0 Å². The second kappa shape index (κ2) is 4.99. The molecule has 1 unspecified atom stereocenters. The Bertz CT molecular complexity index is 835. The summed E-state index contributed by atoms with van der Waals surface area (Å²) < 4.78 is 1.52. The highest BCUT2D eigenvalue weighted by atomic mass is 32.1. The molecule has 0 spiro atoms. The molecule has 1 atom stereocenters. The number of hydrogen-bond acceptors (Lipinski definition) is 4. The molecule has 1 aliphatic rings. The highest BCUT2D eigenvalue weighted by Crippen LogP contribution is 2.36. The number of carbonyl (C=O) groups excluding carboxylic acids is 1. The molecule has 2 aromatic heterocycles. The minimum absolute atomic E-state index is 0.267. The van der Waals surface area contributed by atoms with Gasteiger partial charge in [0.05, 0.1) is 5.56 Å². The smallest absolute Gasteiger partial charge is 0.326 e. The first-order chi connectivity index (χ1) is 10.6. The maximum absolute atomic E-state index is 12.9. The molecule has 0 saturated carbocycles. The SMILES string of the molecule is Cc1cnc2c3c(cn2S)C(=O)N(C(C(=O)O)C(C)(C)C)Cc13. The summed E-state index contributed by atoms with van der Waals surface area (Å²) in [5.41, 5.74) is 2.38. The predicted molar refractivity (Wildman–Crippen MR) is 89.6 cm³/mol. The van der Waals surface area contributed by atoms with Crippen molar-refractivity contribution in [3.63, 3.8) is 0 Å². The van der Waals surface area contributed by atoms with Crippen LogP contribution in [0.15, 0.2) is 12.4 Å². The summed E-state index contributed by atoms with van der Waals surface area (Å²) in [4.78, 5) is 30.5. The van der Waals surface area contributed by atoms with E-state index < -0.39 is 17.4 Å². The Morgan fingerprint density at radius 1 is 1.43 bits per heavy atom. The van der Waals surface area contributed by atoms with Crippen molar-refractivity contribution in [1.29, 1.82) is 0 Å². The van der Waals surface area contributed by atoms with E-state index in [1.54, 1.807) is 12.4 Å². The van der Waals surface area contributed by atoms with E-state index in [2.05, 4.69) is 17.8 Å². The predicted octanol–water partition coefficient (Wildman–Crippen LogP) is 2.49. The summed E-state index contributed by atoms with van der Waals surface area (Å²) in [6, 6.07) is -0.908. The maximum Gasteiger partial charge on any atom is 0.326 e. The van der Waals surface area contributed by atoms with Crippen LogP contribution in [0.25, 0.3) is 11.0 Å². The van der Waals surface area contributed by atoms with Crippen LogP contribution in [-0.2, 0) is 11.3 Å². The number of nitrogens with zero attached hydrogens (tertiary/aromatic N) is 3. The minimum atomic E-state index is -0.998. The first kappa shape index (κ1) is 15.9. The summed E-state index contributed by atoms with van der Waals surface area (Å²) in [6.45, 7) is 7.67. The lowest BCUT2D eigenvalue weighted by Gasteiger charge is -2.39. The number of rotatable bonds is 2. The first-order valence-electron chi connectivity index (χ1n) is 7.35. The molecule has 0 aliphatic carbocycles. The van der Waals surface area contributed by atoms with E-state index >= 15 is 0 Å². The van der Waals surface area contributed by atoms with Crippen LogP contribution in [0.1, 0.15) is 42.3 Å². The topological polar surface area (TPSA) is 75.4 Å². The normalized spacial score (nSPS) is 16.0. The summed E-state index contributed by atoms with van der Waals surface area (Å²) in [5, 5.41) is 10.4. The molecule has 0 aromatic carbocycles. The fourth-order valence-corrected chi connectivity index (χ4v) is 3.55. The van der Waals surface area contributed by atoms with Gasteiger partial charge in [0, 0.05) is 24.3 Å². The van der Waals surface area contributed by atoms with Crippen LogP contribution in [-0.4, -0.2) is 36.9 Å². The van der Waals surface area contributed by atoms with Gasteiger partial charge in [0.15, 0.2) is 5.65 Å². The quantitative estimate of drug-likeness (QED) is 0.828. The number of carboxylic acid groups (broad SMARTS) is 1.